The Morgan fingerprint density at radius 3 is 2.14 bits per heavy atom. The Labute approximate surface area is 223 Å². The maximum Gasteiger partial charge on any atom is 0.243 e. The number of sulfonamides is 1. The van der Waals surface area contributed by atoms with Crippen LogP contribution in [0.3, 0.4) is 0 Å². The fraction of sp³-hybridized carbons (Fsp3) is 0.517. The van der Waals surface area contributed by atoms with E-state index in [0.717, 1.165) is 28.7 Å². The van der Waals surface area contributed by atoms with Crippen LogP contribution in [0.25, 0.3) is 0 Å². The Morgan fingerprint density at radius 2 is 1.59 bits per heavy atom. The molecule has 2 amide bonds. The summed E-state index contributed by atoms with van der Waals surface area (Å²) in [6, 6.07) is 12.9. The molecule has 0 aliphatic rings. The van der Waals surface area contributed by atoms with Gasteiger partial charge in [0.15, 0.2) is 0 Å². The molecular weight excluding hydrogens is 486 g/mol. The topological polar surface area (TPSA) is 86.8 Å². The van der Waals surface area contributed by atoms with E-state index in [-0.39, 0.29) is 30.8 Å². The smallest absolute Gasteiger partial charge is 0.243 e. The van der Waals surface area contributed by atoms with Gasteiger partial charge in [0.1, 0.15) is 6.04 Å². The van der Waals surface area contributed by atoms with Gasteiger partial charge in [-0.1, -0.05) is 49.7 Å². The van der Waals surface area contributed by atoms with Crippen molar-refractivity contribution in [3.8, 4) is 0 Å². The second-order valence-electron chi connectivity index (χ2n) is 9.96. The van der Waals surface area contributed by atoms with Crippen LogP contribution < -0.4 is 9.62 Å². The van der Waals surface area contributed by atoms with Crippen molar-refractivity contribution in [2.24, 2.45) is 0 Å². The minimum absolute atomic E-state index is 0.0131. The standard InChI is InChI=1S/C29H43N3O4S/c1-8-24(6)30-29(34)27(9-2)31(20-25-15-12-21(3)13-16-25)28(33)11-10-18-32(37(7,35)36)26-17-14-22(4)23(5)19-26/h12-17,19,24,27H,8-11,18,20H2,1-7H3,(H,30,34)/t24-,27+/m0/s1. The average molecular weight is 530 g/mol. The lowest BCUT2D eigenvalue weighted by Gasteiger charge is -2.32. The van der Waals surface area contributed by atoms with Crippen LogP contribution in [0.1, 0.15) is 68.7 Å². The maximum absolute atomic E-state index is 13.5. The van der Waals surface area contributed by atoms with Crippen molar-refractivity contribution in [2.75, 3.05) is 17.1 Å². The molecule has 0 saturated heterocycles. The summed E-state index contributed by atoms with van der Waals surface area (Å²) in [7, 11) is -3.52. The summed E-state index contributed by atoms with van der Waals surface area (Å²) >= 11 is 0. The molecule has 0 bridgehead atoms. The number of hydrogen-bond acceptors (Lipinski definition) is 4. The van der Waals surface area contributed by atoms with Crippen molar-refractivity contribution in [3.63, 3.8) is 0 Å². The molecule has 0 aliphatic carbocycles. The number of carbonyl (C=O) groups is 2. The van der Waals surface area contributed by atoms with Gasteiger partial charge < -0.3 is 10.2 Å². The molecule has 2 rings (SSSR count). The summed E-state index contributed by atoms with van der Waals surface area (Å²) in [4.78, 5) is 28.3. The molecule has 0 heterocycles. The Hall–Kier alpha value is -2.87. The molecule has 2 aromatic carbocycles. The highest BCUT2D eigenvalue weighted by molar-refractivity contribution is 7.92. The van der Waals surface area contributed by atoms with E-state index in [4.69, 9.17) is 0 Å². The highest BCUT2D eigenvalue weighted by atomic mass is 32.2. The molecule has 0 radical (unpaired) electrons. The number of amides is 2. The van der Waals surface area contributed by atoms with E-state index in [9.17, 15) is 18.0 Å². The van der Waals surface area contributed by atoms with Crippen LogP contribution >= 0.6 is 0 Å². The van der Waals surface area contributed by atoms with Gasteiger partial charge in [0, 0.05) is 25.6 Å². The molecule has 0 spiro atoms. The molecule has 0 aromatic heterocycles. The second kappa shape index (κ2) is 13.6. The van der Waals surface area contributed by atoms with Gasteiger partial charge >= 0.3 is 0 Å². The zero-order valence-corrected chi connectivity index (χ0v) is 24.2. The molecule has 0 fully saturated rings. The molecule has 0 unspecified atom stereocenters. The fourth-order valence-electron chi connectivity index (χ4n) is 4.14. The SMILES string of the molecule is CC[C@H](C(=O)N[C@@H](C)CC)N(Cc1ccc(C)cc1)C(=O)CCCN(c1ccc(C)c(C)c1)S(C)(=O)=O. The van der Waals surface area contributed by atoms with Crippen molar-refractivity contribution in [1.29, 1.82) is 0 Å². The molecule has 7 nitrogen and oxygen atoms in total. The first-order valence-corrected chi connectivity index (χ1v) is 14.9. The van der Waals surface area contributed by atoms with E-state index in [0.29, 0.717) is 25.1 Å². The first-order valence-electron chi connectivity index (χ1n) is 13.1. The molecule has 2 aromatic rings. The van der Waals surface area contributed by atoms with E-state index in [1.54, 1.807) is 11.0 Å². The first kappa shape index (κ1) is 30.4. The van der Waals surface area contributed by atoms with E-state index >= 15 is 0 Å². The Bertz CT molecular complexity index is 1160. The number of benzene rings is 2. The highest BCUT2D eigenvalue weighted by Gasteiger charge is 2.29. The van der Waals surface area contributed by atoms with E-state index < -0.39 is 16.1 Å². The van der Waals surface area contributed by atoms with Crippen molar-refractivity contribution in [2.45, 2.75) is 85.9 Å². The number of carbonyl (C=O) groups excluding carboxylic acids is 2. The van der Waals surface area contributed by atoms with Gasteiger partial charge in [-0.25, -0.2) is 8.42 Å². The average Bonchev–Trinajstić information content (AvgIpc) is 2.83. The Kier molecular flexibility index (Phi) is 11.2. The normalized spacial score (nSPS) is 13.1. The van der Waals surface area contributed by atoms with Crippen LogP contribution in [0.5, 0.6) is 0 Å². The lowest BCUT2D eigenvalue weighted by Crippen LogP contribution is -2.50. The van der Waals surface area contributed by atoms with E-state index in [1.165, 1.54) is 10.6 Å². The maximum atomic E-state index is 13.5. The largest absolute Gasteiger partial charge is 0.352 e. The molecule has 0 saturated carbocycles. The van der Waals surface area contributed by atoms with Gasteiger partial charge in [-0.2, -0.15) is 0 Å². The Balaban J connectivity index is 2.23. The number of rotatable bonds is 13. The van der Waals surface area contributed by atoms with Gasteiger partial charge in [-0.3, -0.25) is 13.9 Å². The van der Waals surface area contributed by atoms with Gasteiger partial charge in [0.2, 0.25) is 21.8 Å². The van der Waals surface area contributed by atoms with E-state index in [2.05, 4.69) is 5.32 Å². The quantitative estimate of drug-likeness (QED) is 0.401. The summed E-state index contributed by atoms with van der Waals surface area (Å²) in [5, 5.41) is 3.02. The van der Waals surface area contributed by atoms with Crippen molar-refractivity contribution in [3.05, 3.63) is 64.7 Å². The molecule has 2 atom stereocenters. The third-order valence-electron chi connectivity index (χ3n) is 6.79. The van der Waals surface area contributed by atoms with Crippen LogP contribution in [-0.2, 0) is 26.2 Å². The number of anilines is 1. The van der Waals surface area contributed by atoms with Gasteiger partial charge in [-0.05, 0) is 75.8 Å². The molecule has 1 N–H and O–H groups in total. The van der Waals surface area contributed by atoms with Gasteiger partial charge in [0.25, 0.3) is 0 Å². The summed E-state index contributed by atoms with van der Waals surface area (Å²) in [5.41, 5.74) is 4.75. The van der Waals surface area contributed by atoms with Crippen LogP contribution in [-0.4, -0.2) is 50.0 Å². The van der Waals surface area contributed by atoms with Crippen molar-refractivity contribution in [1.82, 2.24) is 10.2 Å². The first-order chi connectivity index (χ1) is 17.4. The number of nitrogens with one attached hydrogen (secondary N) is 1. The van der Waals surface area contributed by atoms with Crippen LogP contribution in [0.4, 0.5) is 5.69 Å². The Morgan fingerprint density at radius 1 is 0.946 bits per heavy atom. The van der Waals surface area contributed by atoms with Crippen LogP contribution in [0.15, 0.2) is 42.5 Å². The monoisotopic (exact) mass is 529 g/mol. The molecule has 37 heavy (non-hydrogen) atoms. The van der Waals surface area contributed by atoms with Crippen LogP contribution in [0.2, 0.25) is 0 Å². The third kappa shape index (κ3) is 8.88. The summed E-state index contributed by atoms with van der Waals surface area (Å²) in [6.45, 7) is 12.3. The fourth-order valence-corrected chi connectivity index (χ4v) is 5.09. The number of nitrogens with zero attached hydrogens (tertiary/aromatic N) is 2. The zero-order valence-electron chi connectivity index (χ0n) is 23.4. The lowest BCUT2D eigenvalue weighted by atomic mass is 10.1. The summed E-state index contributed by atoms with van der Waals surface area (Å²) in [5.74, 6) is -0.328. The summed E-state index contributed by atoms with van der Waals surface area (Å²) < 4.78 is 26.5. The molecule has 8 heteroatoms. The molecule has 204 valence electrons. The molecule has 0 aliphatic heterocycles. The minimum Gasteiger partial charge on any atom is -0.352 e. The van der Waals surface area contributed by atoms with Gasteiger partial charge in [-0.15, -0.1) is 0 Å². The predicted molar refractivity (Wildman–Crippen MR) is 151 cm³/mol. The third-order valence-corrected chi connectivity index (χ3v) is 7.99. The zero-order chi connectivity index (χ0) is 27.8. The molecular formula is C29H43N3O4S. The van der Waals surface area contributed by atoms with Crippen molar-refractivity contribution < 1.29 is 18.0 Å². The number of aryl methyl sites for hydroxylation is 3. The van der Waals surface area contributed by atoms with Crippen LogP contribution in [0, 0.1) is 20.8 Å². The van der Waals surface area contributed by atoms with E-state index in [1.807, 2.05) is 77.9 Å². The number of hydrogen-bond donors (Lipinski definition) is 1. The highest BCUT2D eigenvalue weighted by Crippen LogP contribution is 2.22. The van der Waals surface area contributed by atoms with Crippen molar-refractivity contribution >= 4 is 27.5 Å². The lowest BCUT2D eigenvalue weighted by molar-refractivity contribution is -0.141. The second-order valence-corrected chi connectivity index (χ2v) is 11.9. The van der Waals surface area contributed by atoms with Gasteiger partial charge in [0.05, 0.1) is 11.9 Å². The summed E-state index contributed by atoms with van der Waals surface area (Å²) in [6.07, 6.45) is 2.94. The minimum atomic E-state index is -3.52. The predicted octanol–water partition coefficient (Wildman–Crippen LogP) is 4.88.